The molecule has 0 N–H and O–H groups in total. The molecule has 0 aromatic rings. The van der Waals surface area contributed by atoms with E-state index in [1.54, 1.807) is 13.0 Å². The van der Waals surface area contributed by atoms with E-state index in [4.69, 9.17) is 0 Å². The first-order valence-electron chi connectivity index (χ1n) is 5.79. The van der Waals surface area contributed by atoms with Gasteiger partial charge in [0.2, 0.25) is 0 Å². The summed E-state index contributed by atoms with van der Waals surface area (Å²) in [5, 5.41) is 0. The maximum atomic E-state index is 13.9. The van der Waals surface area contributed by atoms with Crippen LogP contribution in [0.4, 0.5) is 4.39 Å². The number of rotatable bonds is 3. The largest absolute Gasteiger partial charge is 0.235 e. The van der Waals surface area contributed by atoms with Crippen LogP contribution in [0.25, 0.3) is 0 Å². The first-order valence-corrected chi connectivity index (χ1v) is 5.79. The van der Waals surface area contributed by atoms with Gasteiger partial charge in [-0.2, -0.15) is 0 Å². The first-order chi connectivity index (χ1) is 7.11. The summed E-state index contributed by atoms with van der Waals surface area (Å²) >= 11 is 0. The molecule has 0 heterocycles. The molecule has 0 saturated heterocycles. The van der Waals surface area contributed by atoms with E-state index in [1.807, 2.05) is 13.8 Å². The Morgan fingerprint density at radius 1 is 1.20 bits per heavy atom. The summed E-state index contributed by atoms with van der Waals surface area (Å²) in [6.45, 7) is 12.8. The minimum absolute atomic E-state index is 0.848. The van der Waals surface area contributed by atoms with Crippen molar-refractivity contribution in [2.45, 2.75) is 52.1 Å². The van der Waals surface area contributed by atoms with E-state index >= 15 is 0 Å². The Balaban J connectivity index is 0.000000921. The van der Waals surface area contributed by atoms with Crippen LogP contribution in [0.15, 0.2) is 36.5 Å². The normalized spacial score (nSPS) is 19.7. The summed E-state index contributed by atoms with van der Waals surface area (Å²) in [6, 6.07) is 0. The quantitative estimate of drug-likeness (QED) is 0.576. The molecule has 0 fully saturated rings. The van der Waals surface area contributed by atoms with Crippen LogP contribution < -0.4 is 0 Å². The summed E-state index contributed by atoms with van der Waals surface area (Å²) in [7, 11) is 0. The van der Waals surface area contributed by atoms with Crippen LogP contribution in [-0.2, 0) is 0 Å². The highest BCUT2D eigenvalue weighted by Gasteiger charge is 2.27. The van der Waals surface area contributed by atoms with Crippen LogP contribution in [0, 0.1) is 0 Å². The van der Waals surface area contributed by atoms with Crippen LogP contribution in [0.3, 0.4) is 0 Å². The lowest BCUT2D eigenvalue weighted by atomic mass is 9.83. The minimum atomic E-state index is -1.34. The summed E-state index contributed by atoms with van der Waals surface area (Å²) in [6.07, 6.45) is 7.22. The fourth-order valence-electron chi connectivity index (χ4n) is 1.84. The number of allylic oxidation sites excluding steroid dienone is 4. The molecule has 1 atom stereocenters. The molecule has 1 rings (SSSR count). The molecule has 0 aromatic carbocycles. The zero-order valence-corrected chi connectivity index (χ0v) is 10.3. The lowest BCUT2D eigenvalue weighted by Gasteiger charge is -2.26. The molecule has 1 unspecified atom stereocenters. The first kappa shape index (κ1) is 14.2. The molecule has 0 bridgehead atoms. The minimum Gasteiger partial charge on any atom is -0.235 e. The molecule has 86 valence electrons. The summed E-state index contributed by atoms with van der Waals surface area (Å²) < 4.78 is 13.9. The van der Waals surface area contributed by atoms with Crippen LogP contribution >= 0.6 is 0 Å². The van der Waals surface area contributed by atoms with E-state index in [-0.39, 0.29) is 0 Å². The molecule has 0 amide bonds. The van der Waals surface area contributed by atoms with Crippen molar-refractivity contribution in [2.24, 2.45) is 0 Å². The maximum Gasteiger partial charge on any atom is 0.147 e. The third kappa shape index (κ3) is 3.65. The number of halogens is 1. The summed E-state index contributed by atoms with van der Waals surface area (Å²) in [5.74, 6) is 0. The van der Waals surface area contributed by atoms with Gasteiger partial charge in [0, 0.05) is 0 Å². The second kappa shape index (κ2) is 6.60. The molecule has 1 heteroatoms. The molecule has 1 aliphatic rings. The smallest absolute Gasteiger partial charge is 0.147 e. The van der Waals surface area contributed by atoms with Gasteiger partial charge in [0.05, 0.1) is 0 Å². The molecule has 0 aliphatic heterocycles. The highest BCUT2D eigenvalue weighted by molar-refractivity contribution is 5.35. The lowest BCUT2D eigenvalue weighted by molar-refractivity contribution is 0.294. The standard InChI is InChI=1S/C12H17F.C2H6/c1-4-10-8-6-7-9-11(10)12(3,13)5-2;1-2/h4-5H,1-2,6-9H2,3H3;1-2H3. The molecule has 0 radical (unpaired) electrons. The van der Waals surface area contributed by atoms with Crippen molar-refractivity contribution in [3.8, 4) is 0 Å². The second-order valence-corrected chi connectivity index (χ2v) is 3.69. The van der Waals surface area contributed by atoms with E-state index in [0.29, 0.717) is 0 Å². The SMILES string of the molecule is C=CC1=C(C(C)(F)C=C)CCCC1.CC. The van der Waals surface area contributed by atoms with Gasteiger partial charge in [-0.25, -0.2) is 4.39 Å². The Morgan fingerprint density at radius 3 is 2.20 bits per heavy atom. The average molecular weight is 210 g/mol. The van der Waals surface area contributed by atoms with Crippen molar-refractivity contribution in [3.05, 3.63) is 36.5 Å². The summed E-state index contributed by atoms with van der Waals surface area (Å²) in [4.78, 5) is 0. The van der Waals surface area contributed by atoms with E-state index < -0.39 is 5.67 Å². The van der Waals surface area contributed by atoms with Crippen molar-refractivity contribution in [1.82, 2.24) is 0 Å². The Bertz CT molecular complexity index is 246. The fraction of sp³-hybridized carbons (Fsp3) is 0.571. The van der Waals surface area contributed by atoms with Crippen LogP contribution in [0.5, 0.6) is 0 Å². The summed E-state index contributed by atoms with van der Waals surface area (Å²) in [5.41, 5.74) is 0.615. The van der Waals surface area contributed by atoms with Crippen LogP contribution in [0.2, 0.25) is 0 Å². The topological polar surface area (TPSA) is 0 Å². The molecule has 15 heavy (non-hydrogen) atoms. The Kier molecular flexibility index (Phi) is 6.23. The number of hydrogen-bond acceptors (Lipinski definition) is 0. The highest BCUT2D eigenvalue weighted by Crippen LogP contribution is 2.35. The predicted octanol–water partition coefficient (Wildman–Crippen LogP) is 4.98. The average Bonchev–Trinajstić information content (AvgIpc) is 2.31. The monoisotopic (exact) mass is 210 g/mol. The number of hydrogen-bond donors (Lipinski definition) is 0. The Morgan fingerprint density at radius 2 is 1.73 bits per heavy atom. The molecule has 0 aromatic heterocycles. The molecule has 0 spiro atoms. The van der Waals surface area contributed by atoms with Gasteiger partial charge in [-0.15, -0.1) is 0 Å². The van der Waals surface area contributed by atoms with Crippen molar-refractivity contribution in [2.75, 3.05) is 0 Å². The molecular weight excluding hydrogens is 187 g/mol. The second-order valence-electron chi connectivity index (χ2n) is 3.69. The Labute approximate surface area is 93.6 Å². The van der Waals surface area contributed by atoms with E-state index in [0.717, 1.165) is 36.8 Å². The van der Waals surface area contributed by atoms with Gasteiger partial charge in [-0.05, 0) is 43.8 Å². The van der Waals surface area contributed by atoms with Gasteiger partial charge >= 0.3 is 0 Å². The number of alkyl halides is 1. The maximum absolute atomic E-state index is 13.9. The highest BCUT2D eigenvalue weighted by atomic mass is 19.1. The van der Waals surface area contributed by atoms with Crippen molar-refractivity contribution in [1.29, 1.82) is 0 Å². The zero-order chi connectivity index (χ0) is 11.9. The van der Waals surface area contributed by atoms with Gasteiger partial charge in [-0.3, -0.25) is 0 Å². The van der Waals surface area contributed by atoms with Crippen molar-refractivity contribution < 1.29 is 4.39 Å². The third-order valence-electron chi connectivity index (χ3n) is 2.73. The van der Waals surface area contributed by atoms with Crippen LogP contribution in [0.1, 0.15) is 46.5 Å². The van der Waals surface area contributed by atoms with Crippen molar-refractivity contribution in [3.63, 3.8) is 0 Å². The Hall–Kier alpha value is -0.850. The van der Waals surface area contributed by atoms with Gasteiger partial charge in [0.25, 0.3) is 0 Å². The van der Waals surface area contributed by atoms with E-state index in [1.165, 1.54) is 6.08 Å². The van der Waals surface area contributed by atoms with E-state index in [2.05, 4.69) is 13.2 Å². The molecule has 1 aliphatic carbocycles. The van der Waals surface area contributed by atoms with Gasteiger partial charge in [0.1, 0.15) is 5.67 Å². The molecule has 0 nitrogen and oxygen atoms in total. The zero-order valence-electron chi connectivity index (χ0n) is 10.3. The van der Waals surface area contributed by atoms with Gasteiger partial charge in [-0.1, -0.05) is 39.2 Å². The molecule has 0 saturated carbocycles. The van der Waals surface area contributed by atoms with Gasteiger partial charge < -0.3 is 0 Å². The fourth-order valence-corrected chi connectivity index (χ4v) is 1.84. The van der Waals surface area contributed by atoms with Crippen LogP contribution in [-0.4, -0.2) is 5.67 Å². The van der Waals surface area contributed by atoms with E-state index in [9.17, 15) is 4.39 Å². The lowest BCUT2D eigenvalue weighted by Crippen LogP contribution is -2.21. The van der Waals surface area contributed by atoms with Crippen molar-refractivity contribution >= 4 is 0 Å². The molecular formula is C14H23F. The van der Waals surface area contributed by atoms with Gasteiger partial charge in [0.15, 0.2) is 0 Å². The predicted molar refractivity (Wildman–Crippen MR) is 66.7 cm³/mol. The third-order valence-corrected chi connectivity index (χ3v) is 2.73.